The lowest BCUT2D eigenvalue weighted by Crippen LogP contribution is -2.22. The van der Waals surface area contributed by atoms with Crippen molar-refractivity contribution in [3.05, 3.63) is 54.3 Å². The third-order valence-corrected chi connectivity index (χ3v) is 5.33. The first-order chi connectivity index (χ1) is 13.8. The van der Waals surface area contributed by atoms with Gasteiger partial charge in [-0.2, -0.15) is 8.42 Å². The molecule has 10 heteroatoms. The smallest absolute Gasteiger partial charge is 0.306 e. The van der Waals surface area contributed by atoms with Crippen molar-refractivity contribution in [2.45, 2.75) is 24.2 Å². The average Bonchev–Trinajstić information content (AvgIpc) is 2.68. The summed E-state index contributed by atoms with van der Waals surface area (Å²) in [5, 5.41) is 5.41. The molecule has 0 unspecified atom stereocenters. The highest BCUT2D eigenvalue weighted by Crippen LogP contribution is 2.27. The molecule has 0 atom stereocenters. The summed E-state index contributed by atoms with van der Waals surface area (Å²) >= 11 is 0. The van der Waals surface area contributed by atoms with Crippen LogP contribution < -0.4 is 10.6 Å². The number of fused-ring (bicyclic) bond motifs is 1. The van der Waals surface area contributed by atoms with E-state index in [9.17, 15) is 22.4 Å². The average molecular weight is 419 g/mol. The number of hydrogen-bond acceptors (Lipinski definition) is 6. The van der Waals surface area contributed by atoms with Crippen LogP contribution in [-0.2, 0) is 24.3 Å². The maximum Gasteiger partial charge on any atom is 0.306 e. The Hall–Kier alpha value is -3.27. The lowest BCUT2D eigenvalue weighted by Gasteiger charge is -2.17. The van der Waals surface area contributed by atoms with Gasteiger partial charge >= 0.3 is 5.97 Å². The molecule has 0 aliphatic carbocycles. The molecule has 152 valence electrons. The first-order valence-electron chi connectivity index (χ1n) is 8.74. The highest BCUT2D eigenvalue weighted by atomic mass is 32.2. The number of amides is 1. The van der Waals surface area contributed by atoms with Gasteiger partial charge in [0, 0.05) is 18.5 Å². The molecule has 2 aromatic carbocycles. The molecule has 0 bridgehead atoms. The number of carbonyl (C=O) groups excluding carboxylic acids is 2. The van der Waals surface area contributed by atoms with Crippen molar-refractivity contribution in [3.63, 3.8) is 0 Å². The van der Waals surface area contributed by atoms with Gasteiger partial charge in [-0.3, -0.25) is 9.59 Å². The van der Waals surface area contributed by atoms with Gasteiger partial charge < -0.3 is 15.4 Å². The van der Waals surface area contributed by atoms with Crippen molar-refractivity contribution >= 4 is 39.1 Å². The van der Waals surface area contributed by atoms with Gasteiger partial charge in [0.25, 0.3) is 15.9 Å². The molecule has 1 amide bonds. The predicted molar refractivity (Wildman–Crippen MR) is 105 cm³/mol. The summed E-state index contributed by atoms with van der Waals surface area (Å²) in [5.74, 6) is -1.33. The first kappa shape index (κ1) is 20.5. The minimum absolute atomic E-state index is 0.00772. The van der Waals surface area contributed by atoms with Gasteiger partial charge in [0.15, 0.2) is 6.61 Å². The minimum Gasteiger partial charge on any atom is -0.456 e. The summed E-state index contributed by atoms with van der Waals surface area (Å²) in [6, 6.07) is 11.6. The zero-order chi connectivity index (χ0) is 20.9. The van der Waals surface area contributed by atoms with Crippen LogP contribution >= 0.6 is 0 Å². The van der Waals surface area contributed by atoms with Crippen LogP contribution in [0.15, 0.2) is 57.8 Å². The van der Waals surface area contributed by atoms with Crippen LogP contribution in [0.2, 0.25) is 0 Å². The van der Waals surface area contributed by atoms with E-state index < -0.39 is 34.3 Å². The van der Waals surface area contributed by atoms with E-state index in [1.54, 1.807) is 18.2 Å². The number of anilines is 2. The summed E-state index contributed by atoms with van der Waals surface area (Å²) < 4.78 is 45.7. The molecule has 0 aromatic heterocycles. The molecule has 29 heavy (non-hydrogen) atoms. The second-order valence-corrected chi connectivity index (χ2v) is 7.78. The number of ether oxygens (including phenoxy) is 1. The van der Waals surface area contributed by atoms with E-state index in [-0.39, 0.29) is 23.6 Å². The maximum atomic E-state index is 12.8. The molecule has 0 spiro atoms. The topological polar surface area (TPSA) is 114 Å². The summed E-state index contributed by atoms with van der Waals surface area (Å²) in [6.07, 6.45) is 0.512. The molecule has 1 heterocycles. The molecule has 1 aliphatic rings. The molecule has 0 saturated heterocycles. The SMILES string of the molecule is O=C(COC(=O)CCCC1=NS(=O)(=O)c2ccccc2N1)Nc1ccc(F)cc1. The zero-order valence-electron chi connectivity index (χ0n) is 15.2. The second-order valence-electron chi connectivity index (χ2n) is 6.20. The van der Waals surface area contributed by atoms with Crippen molar-refractivity contribution in [1.82, 2.24) is 0 Å². The van der Waals surface area contributed by atoms with Gasteiger partial charge in [-0.1, -0.05) is 12.1 Å². The van der Waals surface area contributed by atoms with Crippen molar-refractivity contribution in [2.24, 2.45) is 4.40 Å². The summed E-state index contributed by atoms with van der Waals surface area (Å²) in [5.41, 5.74) is 0.827. The zero-order valence-corrected chi connectivity index (χ0v) is 16.0. The lowest BCUT2D eigenvalue weighted by molar-refractivity contribution is -0.147. The maximum absolute atomic E-state index is 12.8. The first-order valence-corrected chi connectivity index (χ1v) is 10.2. The molecule has 0 saturated carbocycles. The largest absolute Gasteiger partial charge is 0.456 e. The van der Waals surface area contributed by atoms with E-state index in [2.05, 4.69) is 15.0 Å². The number of hydrogen-bond donors (Lipinski definition) is 2. The Morgan fingerprint density at radius 2 is 1.83 bits per heavy atom. The van der Waals surface area contributed by atoms with Gasteiger partial charge in [0.05, 0.1) is 5.69 Å². The number of halogens is 1. The van der Waals surface area contributed by atoms with E-state index in [0.29, 0.717) is 17.8 Å². The van der Waals surface area contributed by atoms with Crippen LogP contribution in [0, 0.1) is 5.82 Å². The number of amidine groups is 1. The van der Waals surface area contributed by atoms with E-state index >= 15 is 0 Å². The van der Waals surface area contributed by atoms with Crippen LogP contribution in [0.1, 0.15) is 19.3 Å². The molecule has 1 aliphatic heterocycles. The fourth-order valence-electron chi connectivity index (χ4n) is 2.62. The molecule has 0 fully saturated rings. The van der Waals surface area contributed by atoms with E-state index in [1.165, 1.54) is 30.3 Å². The van der Waals surface area contributed by atoms with Crippen molar-refractivity contribution in [3.8, 4) is 0 Å². The number of benzene rings is 2. The Morgan fingerprint density at radius 1 is 1.10 bits per heavy atom. The van der Waals surface area contributed by atoms with Crippen LogP contribution in [0.4, 0.5) is 15.8 Å². The van der Waals surface area contributed by atoms with Crippen LogP contribution in [0.5, 0.6) is 0 Å². The normalized spacial score (nSPS) is 14.2. The van der Waals surface area contributed by atoms with Crippen molar-refractivity contribution in [1.29, 1.82) is 0 Å². The molecule has 0 radical (unpaired) electrons. The molecule has 8 nitrogen and oxygen atoms in total. The van der Waals surface area contributed by atoms with Gasteiger partial charge in [-0.05, 0) is 42.8 Å². The molecule has 2 aromatic rings. The second kappa shape index (κ2) is 8.82. The van der Waals surface area contributed by atoms with E-state index in [1.807, 2.05) is 0 Å². The van der Waals surface area contributed by atoms with Crippen LogP contribution in [0.25, 0.3) is 0 Å². The molecule has 3 rings (SSSR count). The predicted octanol–water partition coefficient (Wildman–Crippen LogP) is 2.69. The number of esters is 1. The number of sulfonamides is 1. The van der Waals surface area contributed by atoms with Gasteiger partial charge in [-0.15, -0.1) is 4.40 Å². The molecule has 2 N–H and O–H groups in total. The number of nitrogens with zero attached hydrogens (tertiary/aromatic N) is 1. The fraction of sp³-hybridized carbons (Fsp3) is 0.211. The van der Waals surface area contributed by atoms with Gasteiger partial charge in [0.2, 0.25) is 0 Å². The minimum atomic E-state index is -3.76. The van der Waals surface area contributed by atoms with Crippen molar-refractivity contribution in [2.75, 3.05) is 17.2 Å². The van der Waals surface area contributed by atoms with Gasteiger partial charge in [-0.25, -0.2) is 4.39 Å². The Labute approximate surface area is 166 Å². The Balaban J connectivity index is 1.42. The highest BCUT2D eigenvalue weighted by Gasteiger charge is 2.24. The van der Waals surface area contributed by atoms with E-state index in [4.69, 9.17) is 4.74 Å². The standard InChI is InChI=1S/C19H18FN3O5S/c20-13-8-10-14(11-9-13)21-18(24)12-28-19(25)7-3-6-17-22-15-4-1-2-5-16(15)29(26,27)23-17/h1-2,4-5,8-11H,3,6-7,12H2,(H,21,24)(H,22,23). The van der Waals surface area contributed by atoms with Gasteiger partial charge in [0.1, 0.15) is 16.5 Å². The third kappa shape index (κ3) is 5.61. The van der Waals surface area contributed by atoms with Crippen LogP contribution in [0.3, 0.4) is 0 Å². The fourth-order valence-corrected chi connectivity index (χ4v) is 3.80. The van der Waals surface area contributed by atoms with Crippen LogP contribution in [-0.4, -0.2) is 32.7 Å². The third-order valence-electron chi connectivity index (χ3n) is 3.96. The number of para-hydroxylation sites is 1. The summed E-state index contributed by atoms with van der Waals surface area (Å²) in [7, 11) is -3.76. The number of rotatable bonds is 7. The Bertz CT molecular complexity index is 1050. The molecular weight excluding hydrogens is 401 g/mol. The monoisotopic (exact) mass is 419 g/mol. The summed E-state index contributed by atoms with van der Waals surface area (Å²) in [6.45, 7) is -0.475. The van der Waals surface area contributed by atoms with Crippen molar-refractivity contribution < 1.29 is 27.1 Å². The Kier molecular flexibility index (Phi) is 6.23. The quantitative estimate of drug-likeness (QED) is 0.667. The number of carbonyl (C=O) groups is 2. The number of nitrogens with one attached hydrogen (secondary N) is 2. The summed E-state index contributed by atoms with van der Waals surface area (Å²) in [4.78, 5) is 23.6. The van der Waals surface area contributed by atoms with E-state index in [0.717, 1.165) is 0 Å². The lowest BCUT2D eigenvalue weighted by atomic mass is 10.2. The Morgan fingerprint density at radius 3 is 2.59 bits per heavy atom. The highest BCUT2D eigenvalue weighted by molar-refractivity contribution is 7.90. The molecular formula is C19H18FN3O5S.